The van der Waals surface area contributed by atoms with Crippen LogP contribution in [0.25, 0.3) is 11.1 Å². The van der Waals surface area contributed by atoms with Crippen molar-refractivity contribution in [3.63, 3.8) is 0 Å². The van der Waals surface area contributed by atoms with Gasteiger partial charge in [0.1, 0.15) is 0 Å². The second-order valence-electron chi connectivity index (χ2n) is 8.22. The topological polar surface area (TPSA) is 147 Å². The molecule has 0 spiro atoms. The highest BCUT2D eigenvalue weighted by molar-refractivity contribution is 7.90. The SMILES string of the molecule is COc1cc(-c2ccc3c(c2NC(=O)NS(=O)(=O)c2ccc4c(c2)C(O)(O)O[B]4)CCC3)ccn1. The predicted molar refractivity (Wildman–Crippen MR) is 127 cm³/mol. The van der Waals surface area contributed by atoms with Crippen molar-refractivity contribution in [3.8, 4) is 17.0 Å². The fourth-order valence-electron chi connectivity index (χ4n) is 4.35. The van der Waals surface area contributed by atoms with Crippen LogP contribution in [0.15, 0.2) is 53.6 Å². The standard InChI is InChI=1S/C23H21BN3O7S/c1-33-20-11-14(9-10-25-20)17-7-5-13-3-2-4-16(13)21(17)26-22(28)27-35(31,32)15-6-8-19-18(12-15)23(29,30)34-24-19/h5-12,29-30H,2-4H2,1H3,(H2,26,27,28). The van der Waals surface area contributed by atoms with Crippen LogP contribution < -0.4 is 20.2 Å². The van der Waals surface area contributed by atoms with Crippen LogP contribution in [0.5, 0.6) is 5.88 Å². The van der Waals surface area contributed by atoms with Gasteiger partial charge < -0.3 is 24.9 Å². The molecule has 2 aliphatic rings. The Morgan fingerprint density at radius 2 is 2.00 bits per heavy atom. The Morgan fingerprint density at radius 3 is 2.80 bits per heavy atom. The minimum absolute atomic E-state index is 0.143. The number of sulfonamides is 1. The summed E-state index contributed by atoms with van der Waals surface area (Å²) in [5.41, 5.74) is 4.18. The molecule has 0 saturated heterocycles. The van der Waals surface area contributed by atoms with Crippen molar-refractivity contribution in [2.75, 3.05) is 12.4 Å². The summed E-state index contributed by atoms with van der Waals surface area (Å²) >= 11 is 0. The number of pyridine rings is 1. The summed E-state index contributed by atoms with van der Waals surface area (Å²) in [6.45, 7) is 0. The molecule has 0 unspecified atom stereocenters. The van der Waals surface area contributed by atoms with Gasteiger partial charge in [-0.1, -0.05) is 18.2 Å². The Morgan fingerprint density at radius 1 is 1.17 bits per heavy atom. The fourth-order valence-corrected chi connectivity index (χ4v) is 5.29. The average molecular weight is 494 g/mol. The number of aromatic nitrogens is 1. The van der Waals surface area contributed by atoms with Crippen LogP contribution >= 0.6 is 0 Å². The van der Waals surface area contributed by atoms with Crippen LogP contribution in [-0.4, -0.2) is 44.2 Å². The van der Waals surface area contributed by atoms with Crippen LogP contribution in [0.1, 0.15) is 23.1 Å². The molecule has 0 atom stereocenters. The van der Waals surface area contributed by atoms with E-state index in [1.165, 1.54) is 19.2 Å². The first-order valence-corrected chi connectivity index (χ1v) is 12.3. The van der Waals surface area contributed by atoms with E-state index in [0.717, 1.165) is 49.5 Å². The number of carbonyl (C=O) groups is 1. The molecule has 1 aliphatic carbocycles. The summed E-state index contributed by atoms with van der Waals surface area (Å²) in [6.07, 6.45) is 4.12. The lowest BCUT2D eigenvalue weighted by Gasteiger charge is -2.18. The van der Waals surface area contributed by atoms with Crippen molar-refractivity contribution in [3.05, 3.63) is 65.4 Å². The summed E-state index contributed by atoms with van der Waals surface area (Å²) in [6, 6.07) is 10.1. The lowest BCUT2D eigenvalue weighted by atomic mass is 9.87. The summed E-state index contributed by atoms with van der Waals surface area (Å²) in [7, 11) is -1.72. The molecule has 2 aromatic carbocycles. The molecule has 2 heterocycles. The van der Waals surface area contributed by atoms with Crippen molar-refractivity contribution >= 4 is 34.7 Å². The van der Waals surface area contributed by atoms with Crippen molar-refractivity contribution < 1.29 is 32.8 Å². The highest BCUT2D eigenvalue weighted by Crippen LogP contribution is 2.38. The Hall–Kier alpha value is -3.45. The smallest absolute Gasteiger partial charge is 0.338 e. The first-order chi connectivity index (χ1) is 16.7. The normalized spacial score (nSPS) is 15.6. The summed E-state index contributed by atoms with van der Waals surface area (Å²) in [5, 5.41) is 22.5. The number of nitrogens with zero attached hydrogens (tertiary/aromatic N) is 1. The predicted octanol–water partition coefficient (Wildman–Crippen LogP) is 1.13. The number of rotatable bonds is 5. The van der Waals surface area contributed by atoms with E-state index in [9.17, 15) is 23.4 Å². The first-order valence-electron chi connectivity index (χ1n) is 10.8. The lowest BCUT2D eigenvalue weighted by molar-refractivity contribution is -0.299. The van der Waals surface area contributed by atoms with E-state index in [1.54, 1.807) is 18.3 Å². The molecule has 5 rings (SSSR count). The van der Waals surface area contributed by atoms with Gasteiger partial charge in [0.05, 0.1) is 17.7 Å². The van der Waals surface area contributed by atoms with Crippen LogP contribution in [0.3, 0.4) is 0 Å². The number of methoxy groups -OCH3 is 1. The Balaban J connectivity index is 1.45. The third kappa shape index (κ3) is 4.36. The number of hydrogen-bond acceptors (Lipinski definition) is 8. The van der Waals surface area contributed by atoms with E-state index in [2.05, 4.69) is 10.3 Å². The van der Waals surface area contributed by atoms with Crippen LogP contribution in [0.2, 0.25) is 0 Å². The molecule has 1 aromatic heterocycles. The second-order valence-corrected chi connectivity index (χ2v) is 9.90. The van der Waals surface area contributed by atoms with Crippen molar-refractivity contribution in [2.24, 2.45) is 0 Å². The van der Waals surface area contributed by atoms with Gasteiger partial charge in [-0.05, 0) is 59.6 Å². The van der Waals surface area contributed by atoms with Gasteiger partial charge in [0.25, 0.3) is 16.0 Å². The van der Waals surface area contributed by atoms with Crippen LogP contribution in [0, 0.1) is 0 Å². The summed E-state index contributed by atoms with van der Waals surface area (Å²) in [5.74, 6) is -2.24. The van der Waals surface area contributed by atoms with Gasteiger partial charge >= 0.3 is 13.5 Å². The number of nitrogens with one attached hydrogen (secondary N) is 2. The van der Waals surface area contributed by atoms with Gasteiger partial charge in [-0.2, -0.15) is 0 Å². The molecule has 0 fully saturated rings. The third-order valence-corrected chi connectivity index (χ3v) is 7.37. The maximum atomic E-state index is 12.9. The van der Waals surface area contributed by atoms with E-state index in [0.29, 0.717) is 22.6 Å². The van der Waals surface area contributed by atoms with Gasteiger partial charge in [0.15, 0.2) is 0 Å². The molecule has 1 radical (unpaired) electrons. The molecule has 4 N–H and O–H groups in total. The largest absolute Gasteiger partial charge is 0.481 e. The summed E-state index contributed by atoms with van der Waals surface area (Å²) < 4.78 is 37.8. The Labute approximate surface area is 202 Å². The molecule has 12 heteroatoms. The van der Waals surface area contributed by atoms with Gasteiger partial charge in [0.2, 0.25) is 5.88 Å². The number of aryl methyl sites for hydroxylation is 1. The van der Waals surface area contributed by atoms with Crippen LogP contribution in [-0.2, 0) is 33.5 Å². The van der Waals surface area contributed by atoms with Gasteiger partial charge in [-0.25, -0.2) is 22.9 Å². The molecular formula is C23H21BN3O7S. The zero-order valence-electron chi connectivity index (χ0n) is 18.6. The Bertz CT molecular complexity index is 1440. The number of anilines is 1. The number of fused-ring (bicyclic) bond motifs is 2. The quantitative estimate of drug-likeness (QED) is 0.305. The van der Waals surface area contributed by atoms with E-state index < -0.39 is 22.0 Å². The molecule has 3 aromatic rings. The van der Waals surface area contributed by atoms with Crippen molar-refractivity contribution in [1.82, 2.24) is 9.71 Å². The van der Waals surface area contributed by atoms with E-state index >= 15 is 0 Å². The molecule has 10 nitrogen and oxygen atoms in total. The van der Waals surface area contributed by atoms with Crippen molar-refractivity contribution in [2.45, 2.75) is 30.1 Å². The molecule has 35 heavy (non-hydrogen) atoms. The lowest BCUT2D eigenvalue weighted by Crippen LogP contribution is -2.35. The molecule has 2 amide bonds. The molecule has 0 bridgehead atoms. The molecule has 0 saturated carbocycles. The maximum Gasteiger partial charge on any atom is 0.338 e. The zero-order chi connectivity index (χ0) is 24.8. The molecule has 1 aliphatic heterocycles. The van der Waals surface area contributed by atoms with E-state index in [4.69, 9.17) is 9.39 Å². The average Bonchev–Trinajstić information content (AvgIpc) is 3.43. The molecule has 179 valence electrons. The zero-order valence-corrected chi connectivity index (χ0v) is 19.4. The monoisotopic (exact) mass is 494 g/mol. The summed E-state index contributed by atoms with van der Waals surface area (Å²) in [4.78, 5) is 16.7. The highest BCUT2D eigenvalue weighted by Gasteiger charge is 2.38. The van der Waals surface area contributed by atoms with E-state index in [1.807, 2.05) is 16.9 Å². The minimum Gasteiger partial charge on any atom is -0.481 e. The second kappa shape index (κ2) is 8.65. The first kappa shape index (κ1) is 23.3. The maximum absolute atomic E-state index is 12.9. The third-order valence-electron chi connectivity index (χ3n) is 6.04. The van der Waals surface area contributed by atoms with Gasteiger partial charge in [0, 0.05) is 23.4 Å². The number of aliphatic hydroxyl groups is 2. The molecular weight excluding hydrogens is 473 g/mol. The number of urea groups is 1. The minimum atomic E-state index is -4.34. The number of carbonyl (C=O) groups excluding carboxylic acids is 1. The van der Waals surface area contributed by atoms with Crippen LogP contribution in [0.4, 0.5) is 10.5 Å². The number of ether oxygens (including phenoxy) is 1. The van der Waals surface area contributed by atoms with Crippen molar-refractivity contribution in [1.29, 1.82) is 0 Å². The Kier molecular flexibility index (Phi) is 5.76. The highest BCUT2D eigenvalue weighted by atomic mass is 32.2. The number of benzene rings is 2. The van der Waals surface area contributed by atoms with Gasteiger partial charge in [-0.15, -0.1) is 0 Å². The van der Waals surface area contributed by atoms with Gasteiger partial charge in [-0.3, -0.25) is 0 Å². The number of amides is 2. The van der Waals surface area contributed by atoms with E-state index in [-0.39, 0.29) is 10.5 Å². The number of hydrogen-bond donors (Lipinski definition) is 4. The fraction of sp³-hybridized carbons (Fsp3) is 0.217.